The average Bonchev–Trinajstić information content (AvgIpc) is 3.71. The van der Waals surface area contributed by atoms with Gasteiger partial charge in [0.05, 0.1) is 5.69 Å². The maximum Gasteiger partial charge on any atom is 0.163 e. The lowest BCUT2D eigenvalue weighted by atomic mass is 9.70. The van der Waals surface area contributed by atoms with Gasteiger partial charge in [0.15, 0.2) is 5.82 Å². The van der Waals surface area contributed by atoms with E-state index in [9.17, 15) is 0 Å². The Kier molecular flexibility index (Phi) is 14.6. The molecule has 1 heterocycles. The second-order valence-corrected chi connectivity index (χ2v) is 16.8. The molecule has 0 atom stereocenters. The number of aryl methyl sites for hydroxylation is 4. The second kappa shape index (κ2) is 19.7. The Morgan fingerprint density at radius 2 is 1.05 bits per heavy atom. The number of unbranched alkanes of at least 4 members (excludes halogenated alkanes) is 13. The molecule has 3 nitrogen and oxygen atoms in total. The van der Waals surface area contributed by atoms with Crippen LogP contribution in [0, 0.1) is 20.8 Å². The van der Waals surface area contributed by atoms with Gasteiger partial charge in [0, 0.05) is 11.0 Å². The monoisotopic (exact) mass is 736 g/mol. The van der Waals surface area contributed by atoms with E-state index in [1.807, 2.05) is 6.92 Å². The summed E-state index contributed by atoms with van der Waals surface area (Å²) in [6.45, 7) is 13.4. The first-order valence-electron chi connectivity index (χ1n) is 22.3. The van der Waals surface area contributed by atoms with Crippen molar-refractivity contribution in [1.82, 2.24) is 14.8 Å². The minimum Gasteiger partial charge on any atom is -0.212 e. The Balaban J connectivity index is 1.31. The Labute approximate surface area is 334 Å². The van der Waals surface area contributed by atoms with Crippen molar-refractivity contribution in [2.45, 2.75) is 169 Å². The number of rotatable bonds is 22. The van der Waals surface area contributed by atoms with E-state index in [4.69, 9.17) is 10.1 Å². The number of nitrogens with zero attached hydrogens (tertiary/aromatic N) is 3. The van der Waals surface area contributed by atoms with E-state index in [1.54, 1.807) is 5.56 Å². The molecule has 5 aromatic rings. The van der Waals surface area contributed by atoms with E-state index in [1.165, 1.54) is 167 Å². The molecule has 6 rings (SSSR count). The summed E-state index contributed by atoms with van der Waals surface area (Å²) in [7, 11) is 0. The van der Waals surface area contributed by atoms with Gasteiger partial charge in [-0.05, 0) is 115 Å². The van der Waals surface area contributed by atoms with Crippen LogP contribution < -0.4 is 0 Å². The third kappa shape index (κ3) is 9.53. The Morgan fingerprint density at radius 1 is 0.509 bits per heavy atom. The number of hydrogen-bond donors (Lipinski definition) is 0. The molecule has 3 heteroatoms. The fourth-order valence-electron chi connectivity index (χ4n) is 9.52. The lowest BCUT2D eigenvalue weighted by Gasteiger charge is -2.33. The molecule has 1 aromatic heterocycles. The van der Waals surface area contributed by atoms with Crippen molar-refractivity contribution < 1.29 is 0 Å². The highest BCUT2D eigenvalue weighted by molar-refractivity contribution is 5.84. The fourth-order valence-corrected chi connectivity index (χ4v) is 9.52. The van der Waals surface area contributed by atoms with Crippen LogP contribution in [0.5, 0.6) is 0 Å². The summed E-state index contributed by atoms with van der Waals surface area (Å²) in [6, 6.07) is 30.5. The first-order chi connectivity index (χ1) is 26.9. The summed E-state index contributed by atoms with van der Waals surface area (Å²) >= 11 is 0. The van der Waals surface area contributed by atoms with Gasteiger partial charge in [-0.2, -0.15) is 5.10 Å². The van der Waals surface area contributed by atoms with Crippen molar-refractivity contribution in [1.29, 1.82) is 0 Å². The molecule has 1 aliphatic rings. The van der Waals surface area contributed by atoms with Crippen molar-refractivity contribution in [3.05, 3.63) is 113 Å². The molecule has 1 aliphatic carbocycles. The lowest BCUT2D eigenvalue weighted by Crippen LogP contribution is -2.25. The highest BCUT2D eigenvalue weighted by Gasteiger charge is 2.42. The maximum absolute atomic E-state index is 5.11. The molecule has 0 radical (unpaired) electrons. The second-order valence-electron chi connectivity index (χ2n) is 16.8. The molecule has 292 valence electrons. The molecule has 0 spiro atoms. The van der Waals surface area contributed by atoms with Crippen LogP contribution in [0.2, 0.25) is 0 Å². The van der Waals surface area contributed by atoms with E-state index in [2.05, 4.69) is 118 Å². The molecule has 0 aliphatic heterocycles. The van der Waals surface area contributed by atoms with Crippen molar-refractivity contribution >= 4 is 0 Å². The van der Waals surface area contributed by atoms with Crippen LogP contribution in [0.1, 0.15) is 170 Å². The normalized spacial score (nSPS) is 13.0. The summed E-state index contributed by atoms with van der Waals surface area (Å²) < 4.78 is 2.12. The van der Waals surface area contributed by atoms with Crippen LogP contribution in [0.25, 0.3) is 39.3 Å². The predicted molar refractivity (Wildman–Crippen MR) is 236 cm³/mol. The third-order valence-electron chi connectivity index (χ3n) is 12.5. The molecule has 0 fully saturated rings. The summed E-state index contributed by atoms with van der Waals surface area (Å²) in [5, 5.41) is 5.05. The van der Waals surface area contributed by atoms with Gasteiger partial charge in [-0.3, -0.25) is 0 Å². The number of benzene rings is 4. The van der Waals surface area contributed by atoms with Gasteiger partial charge < -0.3 is 0 Å². The van der Waals surface area contributed by atoms with Crippen molar-refractivity contribution in [3.8, 4) is 39.3 Å². The number of hydrogen-bond acceptors (Lipinski definition) is 2. The quantitative estimate of drug-likeness (QED) is 0.0663. The SMILES string of the molecule is CCCCCCCCC1(CCCCCCCC)c2ccccc2-c2cc(-c3nc(C)nn3-c3c(C)cc(-c4ccc(CCCCCC)cc4)cc3C)ccc21. The van der Waals surface area contributed by atoms with Crippen molar-refractivity contribution in [3.63, 3.8) is 0 Å². The molecular formula is C52H69N3. The van der Waals surface area contributed by atoms with Gasteiger partial charge in [0.1, 0.15) is 5.82 Å². The molecule has 0 bridgehead atoms. The minimum absolute atomic E-state index is 0.0832. The molecule has 55 heavy (non-hydrogen) atoms. The summed E-state index contributed by atoms with van der Waals surface area (Å²) in [4.78, 5) is 5.11. The molecule has 0 N–H and O–H groups in total. The topological polar surface area (TPSA) is 30.7 Å². The van der Waals surface area contributed by atoms with E-state index in [-0.39, 0.29) is 5.41 Å². The zero-order valence-corrected chi connectivity index (χ0v) is 35.3. The predicted octanol–water partition coefficient (Wildman–Crippen LogP) is 15.4. The standard InChI is InChI=1S/C52H69N3/c1-7-10-13-16-18-23-34-52(35-24-19-17-14-11-8-2)48-27-22-21-26-46(48)47-38-44(32-33-49(47)52)51-53-41(6)54-55(51)50-39(4)36-45(37-40(50)5)43-30-28-42(29-31-43)25-20-15-12-9-3/h21-22,26-33,36-38H,7-20,23-25,34-35H2,1-6H3. The van der Waals surface area contributed by atoms with Crippen molar-refractivity contribution in [2.75, 3.05) is 0 Å². The molecule has 0 unspecified atom stereocenters. The van der Waals surface area contributed by atoms with Gasteiger partial charge >= 0.3 is 0 Å². The maximum atomic E-state index is 5.11. The van der Waals surface area contributed by atoms with E-state index >= 15 is 0 Å². The largest absolute Gasteiger partial charge is 0.212 e. The van der Waals surface area contributed by atoms with Crippen molar-refractivity contribution in [2.24, 2.45) is 0 Å². The Hall–Kier alpha value is -3.98. The highest BCUT2D eigenvalue weighted by Crippen LogP contribution is 2.55. The highest BCUT2D eigenvalue weighted by atomic mass is 15.4. The summed E-state index contributed by atoms with van der Waals surface area (Å²) in [5.41, 5.74) is 14.7. The summed E-state index contributed by atoms with van der Waals surface area (Å²) in [6.07, 6.45) is 24.9. The minimum atomic E-state index is 0.0832. The van der Waals surface area contributed by atoms with Gasteiger partial charge in [-0.15, -0.1) is 0 Å². The Bertz CT molecular complexity index is 1920. The zero-order valence-electron chi connectivity index (χ0n) is 35.3. The average molecular weight is 736 g/mol. The Morgan fingerprint density at radius 3 is 1.69 bits per heavy atom. The van der Waals surface area contributed by atoms with Crippen LogP contribution in [-0.4, -0.2) is 14.8 Å². The van der Waals surface area contributed by atoms with Gasteiger partial charge in [-0.25, -0.2) is 9.67 Å². The smallest absolute Gasteiger partial charge is 0.163 e. The molecule has 4 aromatic carbocycles. The van der Waals surface area contributed by atoms with E-state index < -0.39 is 0 Å². The van der Waals surface area contributed by atoms with Crippen LogP contribution >= 0.6 is 0 Å². The zero-order chi connectivity index (χ0) is 38.6. The first kappa shape index (κ1) is 40.7. The van der Waals surface area contributed by atoms with Crippen LogP contribution in [0.4, 0.5) is 0 Å². The lowest BCUT2D eigenvalue weighted by molar-refractivity contribution is 0.398. The molecule has 0 saturated heterocycles. The molecular weight excluding hydrogens is 667 g/mol. The number of fused-ring (bicyclic) bond motifs is 3. The van der Waals surface area contributed by atoms with E-state index in [0.717, 1.165) is 22.9 Å². The molecule has 0 amide bonds. The van der Waals surface area contributed by atoms with Crippen LogP contribution in [0.15, 0.2) is 78.9 Å². The van der Waals surface area contributed by atoms with E-state index in [0.29, 0.717) is 0 Å². The number of aromatic nitrogens is 3. The third-order valence-corrected chi connectivity index (χ3v) is 12.5. The van der Waals surface area contributed by atoms with Gasteiger partial charge in [0.25, 0.3) is 0 Å². The van der Waals surface area contributed by atoms with Gasteiger partial charge in [0.2, 0.25) is 0 Å². The fraction of sp³-hybridized carbons (Fsp3) is 0.500. The summed E-state index contributed by atoms with van der Waals surface area (Å²) in [5.74, 6) is 1.72. The van der Waals surface area contributed by atoms with Gasteiger partial charge in [-0.1, -0.05) is 178 Å². The first-order valence-corrected chi connectivity index (χ1v) is 22.3. The van der Waals surface area contributed by atoms with Crippen LogP contribution in [0.3, 0.4) is 0 Å². The molecule has 0 saturated carbocycles. The van der Waals surface area contributed by atoms with Crippen LogP contribution in [-0.2, 0) is 11.8 Å².